The van der Waals surface area contributed by atoms with Crippen LogP contribution < -0.4 is 15.4 Å². The van der Waals surface area contributed by atoms with Gasteiger partial charge >= 0.3 is 0 Å². The number of nitrogen functional groups attached to an aromatic ring is 1. The predicted octanol–water partition coefficient (Wildman–Crippen LogP) is 2.93. The van der Waals surface area contributed by atoms with E-state index in [1.807, 2.05) is 19.9 Å². The number of hydrogen-bond acceptors (Lipinski definition) is 5. The Bertz CT molecular complexity index is 642. The third-order valence-corrected chi connectivity index (χ3v) is 3.54. The van der Waals surface area contributed by atoms with Gasteiger partial charge in [0.05, 0.1) is 6.10 Å². The molecule has 0 saturated carbocycles. The van der Waals surface area contributed by atoms with E-state index in [1.54, 1.807) is 0 Å². The van der Waals surface area contributed by atoms with Crippen molar-refractivity contribution in [1.82, 2.24) is 9.97 Å². The quantitative estimate of drug-likeness (QED) is 0.938. The average Bonchev–Trinajstić information content (AvgIpc) is 2.49. The third kappa shape index (κ3) is 2.63. The molecule has 5 nitrogen and oxygen atoms in total. The van der Waals surface area contributed by atoms with E-state index >= 15 is 0 Å². The van der Waals surface area contributed by atoms with Crippen molar-refractivity contribution < 1.29 is 4.74 Å². The Labute approximate surface area is 124 Å². The number of anilines is 3. The van der Waals surface area contributed by atoms with E-state index in [2.05, 4.69) is 33.1 Å². The maximum Gasteiger partial charge on any atom is 0.242 e. The summed E-state index contributed by atoms with van der Waals surface area (Å²) in [6.45, 7) is 4.81. The van der Waals surface area contributed by atoms with Crippen molar-refractivity contribution in [3.63, 3.8) is 0 Å². The van der Waals surface area contributed by atoms with Gasteiger partial charge in [-0.3, -0.25) is 0 Å². The second kappa shape index (κ2) is 5.60. The summed E-state index contributed by atoms with van der Waals surface area (Å²) in [7, 11) is 0. The number of aryl methyl sites for hydroxylation is 1. The summed E-state index contributed by atoms with van der Waals surface area (Å²) >= 11 is 0. The van der Waals surface area contributed by atoms with Crippen molar-refractivity contribution in [3.05, 3.63) is 36.2 Å². The zero-order valence-electron chi connectivity index (χ0n) is 12.4. The second-order valence-electron chi connectivity index (χ2n) is 5.47. The summed E-state index contributed by atoms with van der Waals surface area (Å²) in [4.78, 5) is 10.7. The van der Waals surface area contributed by atoms with Crippen LogP contribution in [-0.4, -0.2) is 22.6 Å². The van der Waals surface area contributed by atoms with E-state index in [4.69, 9.17) is 10.5 Å². The van der Waals surface area contributed by atoms with Crippen LogP contribution in [0, 0.1) is 0 Å². The summed E-state index contributed by atoms with van der Waals surface area (Å²) in [5, 5.41) is 0. The number of para-hydroxylation sites is 1. The van der Waals surface area contributed by atoms with Crippen LogP contribution in [0.25, 0.3) is 0 Å². The fourth-order valence-electron chi connectivity index (χ4n) is 2.66. The molecule has 0 unspecified atom stereocenters. The Morgan fingerprint density at radius 3 is 2.86 bits per heavy atom. The van der Waals surface area contributed by atoms with E-state index in [0.717, 1.165) is 25.2 Å². The smallest absolute Gasteiger partial charge is 0.242 e. The van der Waals surface area contributed by atoms with Crippen molar-refractivity contribution in [2.45, 2.75) is 32.8 Å². The van der Waals surface area contributed by atoms with E-state index in [1.165, 1.54) is 17.6 Å². The number of benzene rings is 1. The molecule has 5 heteroatoms. The molecule has 110 valence electrons. The molecule has 0 bridgehead atoms. The Hall–Kier alpha value is -2.30. The Morgan fingerprint density at radius 1 is 1.24 bits per heavy atom. The summed E-state index contributed by atoms with van der Waals surface area (Å²) in [5.41, 5.74) is 9.23. The average molecular weight is 284 g/mol. The zero-order chi connectivity index (χ0) is 14.8. The van der Waals surface area contributed by atoms with Gasteiger partial charge in [-0.1, -0.05) is 18.2 Å². The first-order valence-electron chi connectivity index (χ1n) is 7.29. The van der Waals surface area contributed by atoms with Crippen LogP contribution in [0.2, 0.25) is 0 Å². The second-order valence-corrected chi connectivity index (χ2v) is 5.47. The van der Waals surface area contributed by atoms with E-state index in [0.29, 0.717) is 11.6 Å². The number of ether oxygens (including phenoxy) is 1. The molecule has 21 heavy (non-hydrogen) atoms. The van der Waals surface area contributed by atoms with Crippen molar-refractivity contribution in [2.75, 3.05) is 17.2 Å². The first-order chi connectivity index (χ1) is 10.2. The molecule has 2 aromatic rings. The maximum atomic E-state index is 6.23. The molecule has 1 aliphatic rings. The molecule has 1 aromatic carbocycles. The van der Waals surface area contributed by atoms with E-state index in [9.17, 15) is 0 Å². The van der Waals surface area contributed by atoms with Crippen molar-refractivity contribution in [2.24, 2.45) is 0 Å². The predicted molar refractivity (Wildman–Crippen MR) is 84.0 cm³/mol. The van der Waals surface area contributed by atoms with Crippen LogP contribution in [0.5, 0.6) is 5.88 Å². The van der Waals surface area contributed by atoms with E-state index < -0.39 is 0 Å². The van der Waals surface area contributed by atoms with Crippen LogP contribution in [0.4, 0.5) is 17.2 Å². The molecule has 0 radical (unpaired) electrons. The molecule has 2 heterocycles. The number of hydrogen-bond donors (Lipinski definition) is 1. The SMILES string of the molecule is CC(C)Oc1ncnc(N2CCCc3ccccc32)c1N. The summed E-state index contributed by atoms with van der Waals surface area (Å²) in [6.07, 6.45) is 3.72. The largest absolute Gasteiger partial charge is 0.473 e. The first-order valence-corrected chi connectivity index (χ1v) is 7.29. The number of aromatic nitrogens is 2. The molecule has 0 amide bonds. The van der Waals surface area contributed by atoms with Crippen molar-refractivity contribution in [1.29, 1.82) is 0 Å². The number of rotatable bonds is 3. The van der Waals surface area contributed by atoms with Crippen LogP contribution in [0.15, 0.2) is 30.6 Å². The molecular formula is C16H20N4O. The van der Waals surface area contributed by atoms with Gasteiger partial charge in [0.2, 0.25) is 5.88 Å². The highest BCUT2D eigenvalue weighted by atomic mass is 16.5. The van der Waals surface area contributed by atoms with Gasteiger partial charge in [0.25, 0.3) is 0 Å². The van der Waals surface area contributed by atoms with Crippen LogP contribution in [-0.2, 0) is 6.42 Å². The third-order valence-electron chi connectivity index (χ3n) is 3.54. The number of nitrogens with zero attached hydrogens (tertiary/aromatic N) is 3. The molecule has 2 N–H and O–H groups in total. The van der Waals surface area contributed by atoms with Gasteiger partial charge in [0.15, 0.2) is 5.82 Å². The normalized spacial score (nSPS) is 14.1. The highest BCUT2D eigenvalue weighted by molar-refractivity contribution is 5.76. The molecule has 0 spiro atoms. The van der Waals surface area contributed by atoms with Gasteiger partial charge in [0.1, 0.15) is 12.0 Å². The molecular weight excluding hydrogens is 264 g/mol. The molecule has 1 aromatic heterocycles. The molecule has 0 fully saturated rings. The Balaban J connectivity index is 2.02. The van der Waals surface area contributed by atoms with Gasteiger partial charge in [-0.05, 0) is 38.3 Å². The molecule has 0 atom stereocenters. The van der Waals surface area contributed by atoms with Gasteiger partial charge in [0, 0.05) is 12.2 Å². The lowest BCUT2D eigenvalue weighted by atomic mass is 10.0. The highest BCUT2D eigenvalue weighted by Crippen LogP contribution is 2.37. The van der Waals surface area contributed by atoms with Gasteiger partial charge in [-0.25, -0.2) is 4.98 Å². The monoisotopic (exact) mass is 284 g/mol. The van der Waals surface area contributed by atoms with Crippen molar-refractivity contribution >= 4 is 17.2 Å². The van der Waals surface area contributed by atoms with Crippen molar-refractivity contribution in [3.8, 4) is 5.88 Å². The molecule has 3 rings (SSSR count). The lowest BCUT2D eigenvalue weighted by Gasteiger charge is -2.31. The van der Waals surface area contributed by atoms with Crippen LogP contribution in [0.3, 0.4) is 0 Å². The first kappa shape index (κ1) is 13.7. The summed E-state index contributed by atoms with van der Waals surface area (Å²) in [6, 6.07) is 8.38. The fraction of sp³-hybridized carbons (Fsp3) is 0.375. The molecule has 0 saturated heterocycles. The maximum absolute atomic E-state index is 6.23. The summed E-state index contributed by atoms with van der Waals surface area (Å²) < 4.78 is 5.66. The number of fused-ring (bicyclic) bond motifs is 1. The van der Waals surface area contributed by atoms with Crippen LogP contribution >= 0.6 is 0 Å². The van der Waals surface area contributed by atoms with Crippen LogP contribution in [0.1, 0.15) is 25.8 Å². The highest BCUT2D eigenvalue weighted by Gasteiger charge is 2.22. The molecule has 0 aliphatic carbocycles. The minimum atomic E-state index is 0.0312. The van der Waals surface area contributed by atoms with E-state index in [-0.39, 0.29) is 6.10 Å². The minimum Gasteiger partial charge on any atom is -0.473 e. The fourth-order valence-corrected chi connectivity index (χ4v) is 2.66. The Morgan fingerprint density at radius 2 is 2.05 bits per heavy atom. The minimum absolute atomic E-state index is 0.0312. The Kier molecular flexibility index (Phi) is 3.64. The summed E-state index contributed by atoms with van der Waals surface area (Å²) in [5.74, 6) is 1.19. The van der Waals surface area contributed by atoms with Gasteiger partial charge < -0.3 is 15.4 Å². The topological polar surface area (TPSA) is 64.3 Å². The standard InChI is InChI=1S/C16H20N4O/c1-11(2)21-16-14(17)15(18-10-19-16)20-9-5-7-12-6-3-4-8-13(12)20/h3-4,6,8,10-11H,5,7,9,17H2,1-2H3. The van der Waals surface area contributed by atoms with Gasteiger partial charge in [-0.15, -0.1) is 0 Å². The zero-order valence-corrected chi connectivity index (χ0v) is 12.4. The van der Waals surface area contributed by atoms with Gasteiger partial charge in [-0.2, -0.15) is 4.98 Å². The molecule has 1 aliphatic heterocycles. The lowest BCUT2D eigenvalue weighted by molar-refractivity contribution is 0.234. The lowest BCUT2D eigenvalue weighted by Crippen LogP contribution is -2.26. The number of nitrogens with two attached hydrogens (primary N) is 1.